The lowest BCUT2D eigenvalue weighted by Gasteiger charge is -2.25. The van der Waals surface area contributed by atoms with E-state index in [0.717, 1.165) is 37.3 Å². The van der Waals surface area contributed by atoms with Gasteiger partial charge in [-0.15, -0.1) is 0 Å². The number of nitrogens with two attached hydrogens (primary N) is 1. The number of hydrogen-bond acceptors (Lipinski definition) is 6. The molecule has 2 aromatic rings. The molecule has 3 N–H and O–H groups in total. The van der Waals surface area contributed by atoms with Crippen molar-refractivity contribution in [3.63, 3.8) is 0 Å². The Bertz CT molecular complexity index is 1090. The summed E-state index contributed by atoms with van der Waals surface area (Å²) in [6, 6.07) is 11.5. The third-order valence-electron chi connectivity index (χ3n) is 7.52. The molecule has 10 heteroatoms. The van der Waals surface area contributed by atoms with Gasteiger partial charge in [-0.25, -0.2) is 13.6 Å². The number of hydrogen-bond donors (Lipinski definition) is 2. The van der Waals surface area contributed by atoms with Gasteiger partial charge in [0.15, 0.2) is 0 Å². The smallest absolute Gasteiger partial charge is 0.407 e. The normalized spacial score (nSPS) is 24.2. The quantitative estimate of drug-likeness (QED) is 0.551. The fraction of sp³-hybridized carbons (Fsp3) is 0.481. The zero-order valence-electron chi connectivity index (χ0n) is 20.6. The predicted octanol–water partition coefficient (Wildman–Crippen LogP) is 3.20. The van der Waals surface area contributed by atoms with Crippen molar-refractivity contribution in [2.75, 3.05) is 51.7 Å². The number of carbonyl (C=O) groups is 2. The maximum atomic E-state index is 14.3. The number of carbonyl (C=O) groups excluding carboxylic acids is 2. The third-order valence-corrected chi connectivity index (χ3v) is 7.52. The van der Waals surface area contributed by atoms with Crippen LogP contribution >= 0.6 is 0 Å². The predicted molar refractivity (Wildman–Crippen MR) is 133 cm³/mol. The van der Waals surface area contributed by atoms with Gasteiger partial charge in [0, 0.05) is 44.8 Å². The average molecular weight is 515 g/mol. The Labute approximate surface area is 214 Å². The average Bonchev–Trinajstić information content (AvgIpc) is 3.58. The summed E-state index contributed by atoms with van der Waals surface area (Å²) in [6.07, 6.45) is 0.746. The van der Waals surface area contributed by atoms with E-state index < -0.39 is 29.2 Å². The molecule has 37 heavy (non-hydrogen) atoms. The van der Waals surface area contributed by atoms with Crippen molar-refractivity contribution in [1.29, 1.82) is 0 Å². The Morgan fingerprint density at radius 3 is 2.38 bits per heavy atom. The van der Waals surface area contributed by atoms with Gasteiger partial charge in [0.2, 0.25) is 0 Å². The van der Waals surface area contributed by atoms with Gasteiger partial charge in [0.05, 0.1) is 19.3 Å². The number of fused-ring (bicyclic) bond motifs is 1. The Morgan fingerprint density at radius 2 is 1.76 bits per heavy atom. The molecule has 0 aliphatic carbocycles. The van der Waals surface area contributed by atoms with Gasteiger partial charge in [-0.1, -0.05) is 30.3 Å². The molecule has 0 bridgehead atoms. The van der Waals surface area contributed by atoms with Crippen LogP contribution in [0, 0.1) is 23.5 Å². The number of amides is 2. The number of halogens is 2. The van der Waals surface area contributed by atoms with Crippen LogP contribution in [0.25, 0.3) is 0 Å². The van der Waals surface area contributed by atoms with Gasteiger partial charge in [-0.2, -0.15) is 0 Å². The first kappa shape index (κ1) is 25.4. The summed E-state index contributed by atoms with van der Waals surface area (Å²) in [5.74, 6) is -2.02. The topological polar surface area (TPSA) is 97.1 Å². The van der Waals surface area contributed by atoms with E-state index in [1.807, 2.05) is 30.3 Å². The maximum absolute atomic E-state index is 14.3. The van der Waals surface area contributed by atoms with Gasteiger partial charge in [-0.05, 0) is 36.0 Å². The van der Waals surface area contributed by atoms with Gasteiger partial charge in [-0.3, -0.25) is 4.79 Å². The number of rotatable bonds is 7. The van der Waals surface area contributed by atoms with E-state index in [0.29, 0.717) is 39.1 Å². The molecule has 3 heterocycles. The Morgan fingerprint density at radius 1 is 1.08 bits per heavy atom. The molecule has 3 aliphatic heterocycles. The molecule has 0 saturated carbocycles. The zero-order chi connectivity index (χ0) is 25.9. The molecule has 2 aromatic carbocycles. The van der Waals surface area contributed by atoms with Crippen LogP contribution in [0.15, 0.2) is 42.5 Å². The second-order valence-electron chi connectivity index (χ2n) is 10.1. The molecule has 198 valence electrons. The number of nitrogens with one attached hydrogen (secondary N) is 1. The van der Waals surface area contributed by atoms with Crippen molar-refractivity contribution in [3.8, 4) is 0 Å². The van der Waals surface area contributed by atoms with Crippen LogP contribution < -0.4 is 11.1 Å². The van der Waals surface area contributed by atoms with E-state index >= 15 is 0 Å². The van der Waals surface area contributed by atoms with Crippen LogP contribution in [-0.4, -0.2) is 73.8 Å². The van der Waals surface area contributed by atoms with E-state index in [1.54, 1.807) is 4.90 Å². The molecule has 8 nitrogen and oxygen atoms in total. The lowest BCUT2D eigenvalue weighted by molar-refractivity contribution is 0.0764. The van der Waals surface area contributed by atoms with Gasteiger partial charge in [0.25, 0.3) is 5.91 Å². The number of nitrogen functional groups attached to an aromatic ring is 1. The van der Waals surface area contributed by atoms with E-state index in [1.165, 1.54) is 0 Å². The first-order chi connectivity index (χ1) is 17.9. The largest absolute Gasteiger partial charge is 0.444 e. The van der Waals surface area contributed by atoms with Crippen LogP contribution in [0.1, 0.15) is 34.8 Å². The van der Waals surface area contributed by atoms with E-state index in [2.05, 4.69) is 10.2 Å². The first-order valence-electron chi connectivity index (χ1n) is 12.7. The van der Waals surface area contributed by atoms with Crippen LogP contribution in [0.2, 0.25) is 0 Å². The standard InChI is InChI=1S/C27H32F2N4O4/c28-22-10-20(30)11-23(29)25(22)26(34)33-14-18-12-32(13-19(18)15-33)8-6-24(17-4-2-1-3-5-17)31-27(35)37-21-7-9-36-16-21/h1-5,10-11,18-19,21,24H,6-9,12-16,30H2,(H,31,35)/t18-,19?,21?,24?/m0/s1. The first-order valence-corrected chi connectivity index (χ1v) is 12.7. The molecule has 3 unspecified atom stereocenters. The fourth-order valence-electron chi connectivity index (χ4n) is 5.65. The second-order valence-corrected chi connectivity index (χ2v) is 10.1. The van der Waals surface area contributed by atoms with Crippen LogP contribution in [-0.2, 0) is 9.47 Å². The minimum absolute atomic E-state index is 0.0513. The van der Waals surface area contributed by atoms with E-state index in [9.17, 15) is 18.4 Å². The summed E-state index contributed by atoms with van der Waals surface area (Å²) < 4.78 is 39.3. The summed E-state index contributed by atoms with van der Waals surface area (Å²) in [4.78, 5) is 29.2. The van der Waals surface area contributed by atoms with Gasteiger partial charge in [0.1, 0.15) is 23.3 Å². The molecule has 3 aliphatic rings. The molecule has 3 saturated heterocycles. The highest BCUT2D eigenvalue weighted by Gasteiger charge is 2.42. The Hall–Kier alpha value is -3.24. The minimum atomic E-state index is -0.931. The van der Waals surface area contributed by atoms with Gasteiger partial charge >= 0.3 is 6.09 Å². The van der Waals surface area contributed by atoms with Crippen molar-refractivity contribution in [2.45, 2.75) is 25.0 Å². The fourth-order valence-corrected chi connectivity index (χ4v) is 5.65. The summed E-state index contributed by atoms with van der Waals surface area (Å²) in [6.45, 7) is 4.27. The molecule has 2 amide bonds. The highest BCUT2D eigenvalue weighted by atomic mass is 19.1. The second kappa shape index (κ2) is 11.0. The SMILES string of the molecule is Nc1cc(F)c(C(=O)N2CC3CN(CCC(NC(=O)OC4CCOC4)c4ccccc4)C[C@H]3C2)c(F)c1. The van der Waals surface area contributed by atoms with Crippen molar-refractivity contribution < 1.29 is 27.8 Å². The molecule has 5 rings (SSSR count). The van der Waals surface area contributed by atoms with Crippen LogP contribution in [0.4, 0.5) is 19.3 Å². The van der Waals surface area contributed by atoms with Crippen LogP contribution in [0.5, 0.6) is 0 Å². The lowest BCUT2D eigenvalue weighted by atomic mass is 10.0. The van der Waals surface area contributed by atoms with Crippen molar-refractivity contribution >= 4 is 17.7 Å². The summed E-state index contributed by atoms with van der Waals surface area (Å²) in [7, 11) is 0. The molecule has 4 atom stereocenters. The molecular formula is C27H32F2N4O4. The summed E-state index contributed by atoms with van der Waals surface area (Å²) in [5.41, 5.74) is 5.89. The minimum Gasteiger partial charge on any atom is -0.444 e. The maximum Gasteiger partial charge on any atom is 0.407 e. The van der Waals surface area contributed by atoms with E-state index in [4.69, 9.17) is 15.2 Å². The van der Waals surface area contributed by atoms with Crippen molar-refractivity contribution in [1.82, 2.24) is 15.1 Å². The highest BCUT2D eigenvalue weighted by molar-refractivity contribution is 5.95. The number of benzene rings is 2. The number of ether oxygens (including phenoxy) is 2. The molecule has 0 aromatic heterocycles. The number of nitrogens with zero attached hydrogens (tertiary/aromatic N) is 2. The molecular weight excluding hydrogens is 482 g/mol. The highest BCUT2D eigenvalue weighted by Crippen LogP contribution is 2.33. The molecule has 0 radical (unpaired) electrons. The van der Waals surface area contributed by atoms with E-state index in [-0.39, 0.29) is 29.7 Å². The lowest BCUT2D eigenvalue weighted by Crippen LogP contribution is -2.36. The van der Waals surface area contributed by atoms with Crippen LogP contribution in [0.3, 0.4) is 0 Å². The monoisotopic (exact) mass is 514 g/mol. The number of alkyl carbamates (subject to hydrolysis) is 1. The summed E-state index contributed by atoms with van der Waals surface area (Å²) in [5, 5.41) is 3.01. The number of likely N-dealkylation sites (tertiary alicyclic amines) is 2. The number of anilines is 1. The Kier molecular flexibility index (Phi) is 7.57. The molecule has 3 fully saturated rings. The van der Waals surface area contributed by atoms with Gasteiger partial charge < -0.3 is 30.3 Å². The Balaban J connectivity index is 1.15. The summed E-state index contributed by atoms with van der Waals surface area (Å²) >= 11 is 0. The molecule has 0 spiro atoms. The van der Waals surface area contributed by atoms with Crippen molar-refractivity contribution in [2.24, 2.45) is 11.8 Å². The third kappa shape index (κ3) is 5.86. The van der Waals surface area contributed by atoms with Crippen molar-refractivity contribution in [3.05, 3.63) is 65.2 Å². The zero-order valence-corrected chi connectivity index (χ0v) is 20.6.